The molecule has 0 bridgehead atoms. The molecule has 0 unspecified atom stereocenters. The number of aromatic nitrogens is 2. The number of amides is 2. The van der Waals surface area contributed by atoms with Crippen LogP contribution in [0.15, 0.2) is 54.6 Å². The standard InChI is InChI=1S/C23H23FN4O3/c1-31-19-8-6-16(7-9-19)14-25-22(29)20-13-21-23(30)27(10-3-11-28(21)26-20)15-17-4-2-5-18(24)12-17/h2,4-9,12-13H,3,10-11,14-15H2,1H3,(H,25,29). The van der Waals surface area contributed by atoms with Gasteiger partial charge in [-0.1, -0.05) is 24.3 Å². The average molecular weight is 422 g/mol. The monoisotopic (exact) mass is 422 g/mol. The third-order valence-electron chi connectivity index (χ3n) is 5.19. The van der Waals surface area contributed by atoms with E-state index in [0.717, 1.165) is 16.9 Å². The molecule has 0 fully saturated rings. The predicted octanol–water partition coefficient (Wildman–Crippen LogP) is 3.01. The van der Waals surface area contributed by atoms with Crippen molar-refractivity contribution in [2.45, 2.75) is 26.1 Å². The fourth-order valence-electron chi connectivity index (χ4n) is 3.57. The van der Waals surface area contributed by atoms with E-state index in [0.29, 0.717) is 38.3 Å². The smallest absolute Gasteiger partial charge is 0.272 e. The first-order chi connectivity index (χ1) is 15.0. The van der Waals surface area contributed by atoms with Crippen LogP contribution >= 0.6 is 0 Å². The number of aryl methyl sites for hydroxylation is 1. The number of halogens is 1. The average Bonchev–Trinajstić information content (AvgIpc) is 3.15. The van der Waals surface area contributed by atoms with Crippen molar-refractivity contribution in [3.05, 3.63) is 82.9 Å². The van der Waals surface area contributed by atoms with Crippen molar-refractivity contribution in [3.63, 3.8) is 0 Å². The SMILES string of the molecule is COc1ccc(CNC(=O)c2cc3n(n2)CCCN(Cc2cccc(F)c2)C3=O)cc1. The molecule has 4 rings (SSSR count). The number of hydrogen-bond donors (Lipinski definition) is 1. The van der Waals surface area contributed by atoms with Crippen LogP contribution in [0.4, 0.5) is 4.39 Å². The lowest BCUT2D eigenvalue weighted by Crippen LogP contribution is -2.30. The van der Waals surface area contributed by atoms with Crippen molar-refractivity contribution in [2.24, 2.45) is 0 Å². The highest BCUT2D eigenvalue weighted by atomic mass is 19.1. The van der Waals surface area contributed by atoms with Gasteiger partial charge in [-0.3, -0.25) is 14.3 Å². The lowest BCUT2D eigenvalue weighted by atomic mass is 10.2. The molecule has 1 aliphatic rings. The molecule has 0 spiro atoms. The summed E-state index contributed by atoms with van der Waals surface area (Å²) in [7, 11) is 1.60. The van der Waals surface area contributed by atoms with E-state index in [1.807, 2.05) is 24.3 Å². The van der Waals surface area contributed by atoms with E-state index < -0.39 is 0 Å². The predicted molar refractivity (Wildman–Crippen MR) is 112 cm³/mol. The van der Waals surface area contributed by atoms with E-state index in [4.69, 9.17) is 4.74 Å². The van der Waals surface area contributed by atoms with Gasteiger partial charge in [0.25, 0.3) is 11.8 Å². The highest BCUT2D eigenvalue weighted by Gasteiger charge is 2.26. The van der Waals surface area contributed by atoms with Gasteiger partial charge in [-0.25, -0.2) is 4.39 Å². The highest BCUT2D eigenvalue weighted by Crippen LogP contribution is 2.17. The van der Waals surface area contributed by atoms with Gasteiger partial charge in [0.15, 0.2) is 5.69 Å². The summed E-state index contributed by atoms with van der Waals surface area (Å²) >= 11 is 0. The topological polar surface area (TPSA) is 76.5 Å². The van der Waals surface area contributed by atoms with Crippen molar-refractivity contribution >= 4 is 11.8 Å². The van der Waals surface area contributed by atoms with Crippen LogP contribution in [0.3, 0.4) is 0 Å². The van der Waals surface area contributed by atoms with Gasteiger partial charge in [-0.15, -0.1) is 0 Å². The molecule has 31 heavy (non-hydrogen) atoms. The Balaban J connectivity index is 1.44. The Hall–Kier alpha value is -3.68. The second-order valence-electron chi connectivity index (χ2n) is 7.38. The number of nitrogens with zero attached hydrogens (tertiary/aromatic N) is 3. The Labute approximate surface area is 179 Å². The molecule has 3 aromatic rings. The minimum atomic E-state index is -0.346. The van der Waals surface area contributed by atoms with Crippen molar-refractivity contribution in [2.75, 3.05) is 13.7 Å². The zero-order chi connectivity index (χ0) is 21.8. The van der Waals surface area contributed by atoms with Crippen molar-refractivity contribution in [1.82, 2.24) is 20.0 Å². The number of hydrogen-bond acceptors (Lipinski definition) is 4. The van der Waals surface area contributed by atoms with E-state index in [1.54, 1.807) is 28.8 Å². The van der Waals surface area contributed by atoms with Crippen LogP contribution in [0, 0.1) is 5.82 Å². The third kappa shape index (κ3) is 4.74. The number of rotatable bonds is 6. The molecule has 2 heterocycles. The number of benzene rings is 2. The minimum Gasteiger partial charge on any atom is -0.497 e. The van der Waals surface area contributed by atoms with Gasteiger partial charge in [-0.05, 0) is 41.8 Å². The number of carbonyl (C=O) groups is 2. The molecule has 1 N–H and O–H groups in total. The van der Waals surface area contributed by atoms with E-state index >= 15 is 0 Å². The van der Waals surface area contributed by atoms with E-state index in [2.05, 4.69) is 10.4 Å². The molecule has 2 aromatic carbocycles. The maximum Gasteiger partial charge on any atom is 0.272 e. The van der Waals surface area contributed by atoms with Crippen LogP contribution in [0.25, 0.3) is 0 Å². The minimum absolute atomic E-state index is 0.199. The maximum atomic E-state index is 13.5. The van der Waals surface area contributed by atoms with Crippen LogP contribution in [0.1, 0.15) is 38.5 Å². The van der Waals surface area contributed by atoms with Crippen molar-refractivity contribution in [1.29, 1.82) is 0 Å². The first-order valence-electron chi connectivity index (χ1n) is 10.1. The van der Waals surface area contributed by atoms with Gasteiger partial charge in [0.05, 0.1) is 7.11 Å². The number of nitrogens with one attached hydrogen (secondary N) is 1. The number of fused-ring (bicyclic) bond motifs is 1. The maximum absolute atomic E-state index is 13.5. The fourth-order valence-corrected chi connectivity index (χ4v) is 3.57. The molecular formula is C23H23FN4O3. The summed E-state index contributed by atoms with van der Waals surface area (Å²) in [6.07, 6.45) is 0.697. The molecule has 0 saturated carbocycles. The largest absolute Gasteiger partial charge is 0.497 e. The van der Waals surface area contributed by atoms with Gasteiger partial charge in [0, 0.05) is 32.2 Å². The first kappa shape index (κ1) is 20.6. The molecule has 0 saturated heterocycles. The Kier molecular flexibility index (Phi) is 5.97. The highest BCUT2D eigenvalue weighted by molar-refractivity contribution is 5.98. The summed E-state index contributed by atoms with van der Waals surface area (Å²) in [4.78, 5) is 27.3. The van der Waals surface area contributed by atoms with Gasteiger partial charge in [0.1, 0.15) is 17.3 Å². The Morgan fingerprint density at radius 2 is 1.94 bits per heavy atom. The van der Waals surface area contributed by atoms with Crippen LogP contribution in [0.2, 0.25) is 0 Å². The van der Waals surface area contributed by atoms with Crippen molar-refractivity contribution < 1.29 is 18.7 Å². The first-order valence-corrected chi connectivity index (χ1v) is 10.1. The molecule has 0 aliphatic carbocycles. The zero-order valence-corrected chi connectivity index (χ0v) is 17.2. The van der Waals surface area contributed by atoms with Crippen LogP contribution < -0.4 is 10.1 Å². The van der Waals surface area contributed by atoms with Gasteiger partial charge in [-0.2, -0.15) is 5.10 Å². The molecule has 160 valence electrons. The molecular weight excluding hydrogens is 399 g/mol. The molecule has 7 nitrogen and oxygen atoms in total. The van der Waals surface area contributed by atoms with E-state index in [-0.39, 0.29) is 23.3 Å². The third-order valence-corrected chi connectivity index (χ3v) is 5.19. The lowest BCUT2D eigenvalue weighted by molar-refractivity contribution is 0.0745. The zero-order valence-electron chi connectivity index (χ0n) is 17.2. The second kappa shape index (κ2) is 8.99. The Morgan fingerprint density at radius 3 is 2.68 bits per heavy atom. The molecule has 1 aromatic heterocycles. The summed E-state index contributed by atoms with van der Waals surface area (Å²) < 4.78 is 20.2. The number of ether oxygens (including phenoxy) is 1. The molecule has 1 aliphatic heterocycles. The van der Waals surface area contributed by atoms with E-state index in [1.165, 1.54) is 18.2 Å². The summed E-state index contributed by atoms with van der Waals surface area (Å²) in [6, 6.07) is 15.1. The van der Waals surface area contributed by atoms with Gasteiger partial charge >= 0.3 is 0 Å². The Morgan fingerprint density at radius 1 is 1.13 bits per heavy atom. The number of carbonyl (C=O) groups excluding carboxylic acids is 2. The molecule has 0 atom stereocenters. The van der Waals surface area contributed by atoms with E-state index in [9.17, 15) is 14.0 Å². The second-order valence-corrected chi connectivity index (χ2v) is 7.38. The summed E-state index contributed by atoms with van der Waals surface area (Å²) in [5.74, 6) is -0.154. The van der Waals surface area contributed by atoms with Crippen molar-refractivity contribution in [3.8, 4) is 5.75 Å². The molecule has 0 radical (unpaired) electrons. The van der Waals surface area contributed by atoms with Crippen LogP contribution in [-0.2, 0) is 19.6 Å². The Bertz CT molecular complexity index is 1090. The lowest BCUT2D eigenvalue weighted by Gasteiger charge is -2.20. The number of methoxy groups -OCH3 is 1. The summed E-state index contributed by atoms with van der Waals surface area (Å²) in [5.41, 5.74) is 2.21. The van der Waals surface area contributed by atoms with Gasteiger partial charge in [0.2, 0.25) is 0 Å². The summed E-state index contributed by atoms with van der Waals surface area (Å²) in [5, 5.41) is 7.16. The molecule has 8 heteroatoms. The normalized spacial score (nSPS) is 13.5. The fraction of sp³-hybridized carbons (Fsp3) is 0.261. The van der Waals surface area contributed by atoms with Crippen LogP contribution in [0.5, 0.6) is 5.75 Å². The summed E-state index contributed by atoms with van der Waals surface area (Å²) in [6.45, 7) is 1.72. The quantitative estimate of drug-likeness (QED) is 0.663. The van der Waals surface area contributed by atoms with Gasteiger partial charge < -0.3 is 15.0 Å². The molecule has 2 amide bonds. The van der Waals surface area contributed by atoms with Crippen LogP contribution in [-0.4, -0.2) is 40.1 Å².